The fraction of sp³-hybridized carbons (Fsp3) is 0.316. The Labute approximate surface area is 151 Å². The molecule has 1 aliphatic rings. The summed E-state index contributed by atoms with van der Waals surface area (Å²) in [6.07, 6.45) is 4.13. The molecule has 1 aromatic heterocycles. The predicted molar refractivity (Wildman–Crippen MR) is 101 cm³/mol. The second kappa shape index (κ2) is 6.88. The number of aromatic nitrogens is 3. The van der Waals surface area contributed by atoms with E-state index in [9.17, 15) is 4.79 Å². The van der Waals surface area contributed by atoms with Crippen molar-refractivity contribution in [2.24, 2.45) is 0 Å². The van der Waals surface area contributed by atoms with Crippen LogP contribution in [-0.4, -0.2) is 33.0 Å². The van der Waals surface area contributed by atoms with Crippen LogP contribution in [0.2, 0.25) is 0 Å². The lowest BCUT2D eigenvalue weighted by Gasteiger charge is -2.22. The van der Waals surface area contributed by atoms with Crippen LogP contribution in [0.4, 0.5) is 5.69 Å². The van der Waals surface area contributed by atoms with Gasteiger partial charge in [0.15, 0.2) is 5.16 Å². The lowest BCUT2D eigenvalue weighted by molar-refractivity contribution is -0.116. The van der Waals surface area contributed by atoms with Crippen LogP contribution in [0.15, 0.2) is 53.9 Å². The maximum Gasteiger partial charge on any atom is 0.237 e. The van der Waals surface area contributed by atoms with Gasteiger partial charge < -0.3 is 9.47 Å². The molecule has 5 nitrogen and oxygen atoms in total. The quantitative estimate of drug-likeness (QED) is 0.631. The third-order valence-corrected chi connectivity index (χ3v) is 5.42. The zero-order valence-electron chi connectivity index (χ0n) is 14.1. The van der Waals surface area contributed by atoms with E-state index >= 15 is 0 Å². The average molecular weight is 352 g/mol. The van der Waals surface area contributed by atoms with Crippen LogP contribution in [0.1, 0.15) is 25.8 Å². The van der Waals surface area contributed by atoms with Crippen LogP contribution in [-0.2, 0) is 4.79 Å². The molecule has 4 rings (SSSR count). The Morgan fingerprint density at radius 1 is 1.24 bits per heavy atom. The van der Waals surface area contributed by atoms with Gasteiger partial charge in [0, 0.05) is 18.0 Å². The molecular formula is C19H20N4OS. The van der Waals surface area contributed by atoms with E-state index in [2.05, 4.69) is 33.0 Å². The van der Waals surface area contributed by atoms with E-state index in [0.29, 0.717) is 18.3 Å². The molecule has 0 aliphatic heterocycles. The number of carbonyl (C=O) groups is 1. The van der Waals surface area contributed by atoms with Crippen molar-refractivity contribution in [2.45, 2.75) is 31.0 Å². The molecule has 25 heavy (non-hydrogen) atoms. The predicted octanol–water partition coefficient (Wildman–Crippen LogP) is 3.91. The molecular weight excluding hydrogens is 332 g/mol. The van der Waals surface area contributed by atoms with Gasteiger partial charge in [0.05, 0.1) is 11.4 Å². The minimum atomic E-state index is 0.0919. The second-order valence-corrected chi connectivity index (χ2v) is 7.12. The highest BCUT2D eigenvalue weighted by Gasteiger charge is 2.27. The molecule has 6 heteroatoms. The zero-order chi connectivity index (χ0) is 17.2. The Morgan fingerprint density at radius 3 is 2.84 bits per heavy atom. The average Bonchev–Trinajstić information content (AvgIpc) is 3.38. The van der Waals surface area contributed by atoms with Crippen molar-refractivity contribution in [3.63, 3.8) is 0 Å². The molecule has 0 radical (unpaired) electrons. The van der Waals surface area contributed by atoms with E-state index < -0.39 is 0 Å². The number of benzene rings is 2. The minimum Gasteiger partial charge on any atom is -0.311 e. The van der Waals surface area contributed by atoms with Gasteiger partial charge >= 0.3 is 0 Å². The standard InChI is InChI=1S/C19H20N4OS/c1-2-22(17-9-5-7-14-6-3-4-8-16(14)17)18(24)12-25-19-21-20-13-23(19)15-10-11-15/h3-9,13,15H,2,10-12H2,1H3. The lowest BCUT2D eigenvalue weighted by Crippen LogP contribution is -2.32. The van der Waals surface area contributed by atoms with Crippen LogP contribution < -0.4 is 4.90 Å². The number of amides is 1. The minimum absolute atomic E-state index is 0.0919. The first-order valence-electron chi connectivity index (χ1n) is 8.58. The number of nitrogens with zero attached hydrogens (tertiary/aromatic N) is 4. The smallest absolute Gasteiger partial charge is 0.237 e. The van der Waals surface area contributed by atoms with Crippen molar-refractivity contribution in [3.05, 3.63) is 48.8 Å². The maximum absolute atomic E-state index is 12.9. The molecule has 1 saturated carbocycles. The van der Waals surface area contributed by atoms with Gasteiger partial charge in [0.1, 0.15) is 6.33 Å². The summed E-state index contributed by atoms with van der Waals surface area (Å²) < 4.78 is 2.09. The Kier molecular flexibility index (Phi) is 4.44. The van der Waals surface area contributed by atoms with Gasteiger partial charge in [-0.25, -0.2) is 0 Å². The summed E-state index contributed by atoms with van der Waals surface area (Å²) in [4.78, 5) is 14.7. The van der Waals surface area contributed by atoms with Crippen LogP contribution >= 0.6 is 11.8 Å². The molecule has 0 bridgehead atoms. The van der Waals surface area contributed by atoms with Crippen LogP contribution in [0.25, 0.3) is 10.8 Å². The summed E-state index contributed by atoms with van der Waals surface area (Å²) in [5, 5.41) is 11.2. The number of fused-ring (bicyclic) bond motifs is 1. The normalized spacial score (nSPS) is 14.0. The summed E-state index contributed by atoms with van der Waals surface area (Å²) in [5.41, 5.74) is 0.967. The molecule has 1 aliphatic carbocycles. The highest BCUT2D eigenvalue weighted by atomic mass is 32.2. The summed E-state index contributed by atoms with van der Waals surface area (Å²) in [5.74, 6) is 0.455. The van der Waals surface area contributed by atoms with Crippen molar-refractivity contribution in [1.29, 1.82) is 0 Å². The third-order valence-electron chi connectivity index (χ3n) is 4.48. The summed E-state index contributed by atoms with van der Waals surface area (Å²) >= 11 is 1.47. The largest absolute Gasteiger partial charge is 0.311 e. The number of hydrogen-bond acceptors (Lipinski definition) is 4. The van der Waals surface area contributed by atoms with Gasteiger partial charge in [-0.1, -0.05) is 48.2 Å². The van der Waals surface area contributed by atoms with Crippen molar-refractivity contribution in [2.75, 3.05) is 17.2 Å². The van der Waals surface area contributed by atoms with Crippen molar-refractivity contribution < 1.29 is 4.79 Å². The van der Waals surface area contributed by atoms with Crippen molar-refractivity contribution >= 4 is 34.1 Å². The molecule has 0 spiro atoms. The fourth-order valence-corrected chi connectivity index (χ4v) is 3.93. The maximum atomic E-state index is 12.9. The first-order valence-corrected chi connectivity index (χ1v) is 9.57. The van der Waals surface area contributed by atoms with E-state index in [0.717, 1.165) is 21.6 Å². The topological polar surface area (TPSA) is 51.0 Å². The number of thioether (sulfide) groups is 1. The van der Waals surface area contributed by atoms with Crippen molar-refractivity contribution in [1.82, 2.24) is 14.8 Å². The fourth-order valence-electron chi connectivity index (χ4n) is 3.07. The zero-order valence-corrected chi connectivity index (χ0v) is 14.9. The van der Waals surface area contributed by atoms with Gasteiger partial charge in [0.2, 0.25) is 5.91 Å². The molecule has 1 fully saturated rings. The summed E-state index contributed by atoms with van der Waals surface area (Å²) in [7, 11) is 0. The first kappa shape index (κ1) is 16.1. The van der Waals surface area contributed by atoms with Crippen LogP contribution in [0, 0.1) is 0 Å². The molecule has 128 valence electrons. The van der Waals surface area contributed by atoms with Gasteiger partial charge in [-0.3, -0.25) is 4.79 Å². The van der Waals surface area contributed by atoms with E-state index in [1.165, 1.54) is 24.6 Å². The highest BCUT2D eigenvalue weighted by Crippen LogP contribution is 2.37. The molecule has 1 amide bonds. The number of hydrogen-bond donors (Lipinski definition) is 0. The highest BCUT2D eigenvalue weighted by molar-refractivity contribution is 7.99. The first-order chi connectivity index (χ1) is 12.3. The Morgan fingerprint density at radius 2 is 2.04 bits per heavy atom. The van der Waals surface area contributed by atoms with E-state index in [1.807, 2.05) is 36.1 Å². The number of rotatable bonds is 6. The molecule has 3 aromatic rings. The third kappa shape index (κ3) is 3.26. The van der Waals surface area contributed by atoms with E-state index in [-0.39, 0.29) is 5.91 Å². The van der Waals surface area contributed by atoms with Gasteiger partial charge in [-0.15, -0.1) is 10.2 Å². The molecule has 0 atom stereocenters. The SMILES string of the molecule is CCN(C(=O)CSc1nncn1C1CC1)c1cccc2ccccc12. The Bertz CT molecular complexity index is 898. The van der Waals surface area contributed by atoms with Gasteiger partial charge in [0.25, 0.3) is 0 Å². The monoisotopic (exact) mass is 352 g/mol. The Balaban J connectivity index is 1.53. The molecule has 0 saturated heterocycles. The molecule has 1 heterocycles. The lowest BCUT2D eigenvalue weighted by atomic mass is 10.1. The van der Waals surface area contributed by atoms with Crippen LogP contribution in [0.5, 0.6) is 0 Å². The van der Waals surface area contributed by atoms with Gasteiger partial charge in [-0.05, 0) is 31.2 Å². The van der Waals surface area contributed by atoms with Crippen molar-refractivity contribution in [3.8, 4) is 0 Å². The number of carbonyl (C=O) groups excluding carboxylic acids is 1. The molecule has 0 N–H and O–H groups in total. The second-order valence-electron chi connectivity index (χ2n) is 6.18. The number of anilines is 1. The Hall–Kier alpha value is -2.34. The van der Waals surface area contributed by atoms with Gasteiger partial charge in [-0.2, -0.15) is 0 Å². The van der Waals surface area contributed by atoms with E-state index in [4.69, 9.17) is 0 Å². The van der Waals surface area contributed by atoms with E-state index in [1.54, 1.807) is 6.33 Å². The van der Waals surface area contributed by atoms with Crippen LogP contribution in [0.3, 0.4) is 0 Å². The summed E-state index contributed by atoms with van der Waals surface area (Å²) in [6.45, 7) is 2.65. The molecule has 0 unspecified atom stereocenters. The summed E-state index contributed by atoms with van der Waals surface area (Å²) in [6, 6.07) is 14.8. The molecule has 2 aromatic carbocycles.